The third-order valence-electron chi connectivity index (χ3n) is 8.13. The fourth-order valence-corrected chi connectivity index (χ4v) is 6.20. The van der Waals surface area contributed by atoms with Crippen molar-refractivity contribution in [3.05, 3.63) is 64.3 Å². The van der Waals surface area contributed by atoms with Crippen LogP contribution in [0, 0.1) is 5.82 Å². The van der Waals surface area contributed by atoms with E-state index in [2.05, 4.69) is 18.2 Å². The number of aldehydes is 1. The first-order valence-corrected chi connectivity index (χ1v) is 16.1. The lowest BCUT2D eigenvalue weighted by molar-refractivity contribution is -0.112. The molecule has 1 saturated carbocycles. The van der Waals surface area contributed by atoms with Gasteiger partial charge in [0.05, 0.1) is 27.1 Å². The molecule has 0 saturated heterocycles. The Bertz CT molecular complexity index is 1410. The second kappa shape index (κ2) is 16.2. The highest BCUT2D eigenvalue weighted by Gasteiger charge is 2.34. The number of benzene rings is 2. The highest BCUT2D eigenvalue weighted by molar-refractivity contribution is 7.97. The molecule has 0 amide bonds. The van der Waals surface area contributed by atoms with Crippen molar-refractivity contribution in [1.29, 1.82) is 0 Å². The van der Waals surface area contributed by atoms with E-state index in [9.17, 15) is 4.79 Å². The molecule has 3 rings (SSSR count). The minimum absolute atomic E-state index is 0.323. The van der Waals surface area contributed by atoms with E-state index in [4.69, 9.17) is 30.8 Å². The zero-order valence-corrected chi connectivity index (χ0v) is 28.5. The molecule has 2 aromatic carbocycles. The van der Waals surface area contributed by atoms with Gasteiger partial charge in [0.1, 0.15) is 23.5 Å². The topological polar surface area (TPSA) is 72.4 Å². The summed E-state index contributed by atoms with van der Waals surface area (Å²) in [5, 5.41) is 0.423. The summed E-state index contributed by atoms with van der Waals surface area (Å²) in [6, 6.07) is 6.65. The molecule has 1 N–H and O–H groups in total. The summed E-state index contributed by atoms with van der Waals surface area (Å²) in [6.45, 7) is 10.4. The lowest BCUT2D eigenvalue weighted by Gasteiger charge is -2.27. The van der Waals surface area contributed by atoms with Crippen molar-refractivity contribution in [2.24, 2.45) is 4.99 Å². The third-order valence-corrected chi connectivity index (χ3v) is 9.38. The minimum Gasteiger partial charge on any atom is -0.501 e. The van der Waals surface area contributed by atoms with Crippen molar-refractivity contribution in [2.75, 3.05) is 28.4 Å². The fraction of sp³-hybridized carbons (Fsp3) is 0.471. The number of carbonyl (C=O) groups is 1. The van der Waals surface area contributed by atoms with Gasteiger partial charge in [-0.15, -0.1) is 0 Å². The van der Waals surface area contributed by atoms with E-state index in [-0.39, 0.29) is 0 Å². The molecule has 44 heavy (non-hydrogen) atoms. The summed E-state index contributed by atoms with van der Waals surface area (Å²) in [4.78, 5) is 19.7. The van der Waals surface area contributed by atoms with E-state index in [0.29, 0.717) is 50.3 Å². The van der Waals surface area contributed by atoms with Gasteiger partial charge in [-0.3, -0.25) is 4.99 Å². The Morgan fingerprint density at radius 2 is 1.80 bits per heavy atom. The first-order valence-electron chi connectivity index (χ1n) is 14.9. The predicted octanol–water partition coefficient (Wildman–Crippen LogP) is 8.75. The number of aliphatic imine (C=N–C) groups is 1. The number of hydrogen-bond acceptors (Lipinski definition) is 7. The Balaban J connectivity index is 1.98. The smallest absolute Gasteiger partial charge is 0.161 e. The number of carbonyl (C=O) groups excluding carboxylic acids is 1. The van der Waals surface area contributed by atoms with Crippen LogP contribution < -0.4 is 14.2 Å². The Morgan fingerprint density at radius 3 is 2.39 bits per heavy atom. The van der Waals surface area contributed by atoms with Gasteiger partial charge in [0.15, 0.2) is 11.5 Å². The van der Waals surface area contributed by atoms with Gasteiger partial charge in [-0.2, -0.15) is 0 Å². The molecule has 10 heteroatoms. The monoisotopic (exact) mass is 645 g/mol. The van der Waals surface area contributed by atoms with Gasteiger partial charge >= 0.3 is 0 Å². The Morgan fingerprint density at radius 1 is 1.14 bits per heavy atom. The molecule has 240 valence electrons. The van der Waals surface area contributed by atoms with Gasteiger partial charge in [-0.25, -0.2) is 4.39 Å². The van der Waals surface area contributed by atoms with Gasteiger partial charge in [-0.05, 0) is 74.9 Å². The van der Waals surface area contributed by atoms with Crippen LogP contribution in [-0.4, -0.2) is 50.9 Å². The van der Waals surface area contributed by atoms with Crippen LogP contribution in [0.1, 0.15) is 71.3 Å². The maximum atomic E-state index is 16.0. The average molecular weight is 646 g/mol. The highest BCUT2D eigenvalue weighted by Crippen LogP contribution is 2.42. The van der Waals surface area contributed by atoms with Crippen LogP contribution in [0.3, 0.4) is 0 Å². The molecule has 7 nitrogen and oxygen atoms in total. The maximum Gasteiger partial charge on any atom is 0.161 e. The fourth-order valence-electron chi connectivity index (χ4n) is 5.14. The number of methoxy groups -OCH3 is 3. The zero-order valence-electron chi connectivity index (χ0n) is 26.9. The number of halogens is 2. The van der Waals surface area contributed by atoms with Crippen LogP contribution in [0.2, 0.25) is 5.02 Å². The predicted molar refractivity (Wildman–Crippen MR) is 179 cm³/mol. The van der Waals surface area contributed by atoms with E-state index in [0.717, 1.165) is 68.4 Å². The Kier molecular flexibility index (Phi) is 13.0. The standard InChI is InChI=1S/C34H45ClFN3O4S/c1-9-10-13-33(37-34(21-40)14-11-12-15-34)39(5)20-25-16-29(36)26(17-28(25)35)27-18-30(42-7)31(43-8)19-32(27)44-38-23(3)22(2)24(4)41-6/h16-19,21,38H,3,9-15,20H2,1-2,4-8H3/b24-22-,37-33?. The summed E-state index contributed by atoms with van der Waals surface area (Å²) in [7, 11) is 6.62. The summed E-state index contributed by atoms with van der Waals surface area (Å²) in [5.41, 5.74) is 2.39. The summed E-state index contributed by atoms with van der Waals surface area (Å²) >= 11 is 8.11. The van der Waals surface area contributed by atoms with Crippen LogP contribution in [0.5, 0.6) is 11.5 Å². The van der Waals surface area contributed by atoms with E-state index in [1.165, 1.54) is 25.1 Å². The van der Waals surface area contributed by atoms with Gasteiger partial charge < -0.3 is 28.6 Å². The summed E-state index contributed by atoms with van der Waals surface area (Å²) in [5.74, 6) is 2.12. The quantitative estimate of drug-likeness (QED) is 0.0518. The lowest BCUT2D eigenvalue weighted by atomic mass is 10.0. The SMILES string of the molecule is C=C(NSc1cc(OC)c(OC)cc1-c1cc(Cl)c(CN(C)C(CCCC)=NC2(C=O)CCCC2)cc1F)/C(C)=C(/C)OC. The van der Waals surface area contributed by atoms with Crippen molar-refractivity contribution in [1.82, 2.24) is 9.62 Å². The van der Waals surface area contributed by atoms with Crippen LogP contribution in [0.15, 0.2) is 57.8 Å². The van der Waals surface area contributed by atoms with E-state index in [1.54, 1.807) is 32.4 Å². The van der Waals surface area contributed by atoms with Crippen molar-refractivity contribution in [3.63, 3.8) is 0 Å². The van der Waals surface area contributed by atoms with Gasteiger partial charge in [0, 0.05) is 52.3 Å². The summed E-state index contributed by atoms with van der Waals surface area (Å²) < 4.78 is 35.6. The number of allylic oxidation sites excluding steroid dienone is 2. The van der Waals surface area contributed by atoms with Gasteiger partial charge in [-0.1, -0.05) is 44.4 Å². The third kappa shape index (κ3) is 8.51. The van der Waals surface area contributed by atoms with Crippen molar-refractivity contribution in [2.45, 2.75) is 82.7 Å². The number of ether oxygens (including phenoxy) is 3. The molecule has 0 spiro atoms. The van der Waals surface area contributed by atoms with Crippen molar-refractivity contribution < 1.29 is 23.4 Å². The largest absolute Gasteiger partial charge is 0.501 e. The van der Waals surface area contributed by atoms with Gasteiger partial charge in [0.2, 0.25) is 0 Å². The molecular weight excluding hydrogens is 601 g/mol. The van der Waals surface area contributed by atoms with E-state index in [1.807, 2.05) is 25.8 Å². The second-order valence-electron chi connectivity index (χ2n) is 11.1. The normalized spacial score (nSPS) is 15.0. The van der Waals surface area contributed by atoms with Crippen LogP contribution >= 0.6 is 23.5 Å². The molecule has 0 heterocycles. The molecule has 0 unspecified atom stereocenters. The number of nitrogens with one attached hydrogen (secondary N) is 1. The van der Waals surface area contributed by atoms with E-state index >= 15 is 4.39 Å². The first-order chi connectivity index (χ1) is 21.0. The number of amidine groups is 1. The number of unbranched alkanes of at least 4 members (excludes halogenated alkanes) is 1. The maximum absolute atomic E-state index is 16.0. The number of hydrogen-bond donors (Lipinski definition) is 1. The van der Waals surface area contributed by atoms with E-state index < -0.39 is 11.4 Å². The number of rotatable bonds is 15. The molecule has 2 aromatic rings. The minimum atomic E-state index is -0.659. The zero-order chi connectivity index (χ0) is 32.4. The van der Waals surface area contributed by atoms with Crippen molar-refractivity contribution in [3.8, 4) is 22.6 Å². The van der Waals surface area contributed by atoms with Crippen LogP contribution in [0.4, 0.5) is 4.39 Å². The number of nitrogens with zero attached hydrogens (tertiary/aromatic N) is 2. The molecule has 1 aliphatic rings. The molecule has 0 atom stereocenters. The highest BCUT2D eigenvalue weighted by atomic mass is 35.5. The van der Waals surface area contributed by atoms with Crippen LogP contribution in [0.25, 0.3) is 11.1 Å². The Hall–Kier alpha value is -3.17. The molecule has 0 radical (unpaired) electrons. The second-order valence-corrected chi connectivity index (χ2v) is 12.4. The summed E-state index contributed by atoms with van der Waals surface area (Å²) in [6.07, 6.45) is 7.20. The molecule has 1 aliphatic carbocycles. The first kappa shape index (κ1) is 35.3. The molecule has 0 aromatic heterocycles. The Labute approximate surface area is 271 Å². The van der Waals surface area contributed by atoms with Crippen molar-refractivity contribution >= 4 is 35.7 Å². The molecule has 1 fully saturated rings. The molecule has 0 bridgehead atoms. The average Bonchev–Trinajstić information content (AvgIpc) is 3.51. The lowest BCUT2D eigenvalue weighted by Crippen LogP contribution is -2.33. The van der Waals surface area contributed by atoms with Crippen LogP contribution in [-0.2, 0) is 16.1 Å². The van der Waals surface area contributed by atoms with Gasteiger partial charge in [0.25, 0.3) is 0 Å². The molecular formula is C34H45ClFN3O4S. The molecule has 0 aliphatic heterocycles.